The van der Waals surface area contributed by atoms with Crippen molar-refractivity contribution >= 4 is 23.3 Å². The third-order valence-corrected chi connectivity index (χ3v) is 4.94. The fourth-order valence-corrected chi connectivity index (χ4v) is 3.47. The minimum Gasteiger partial charge on any atom is -0.486 e. The summed E-state index contributed by atoms with van der Waals surface area (Å²) >= 11 is 0. The molecule has 7 nitrogen and oxygen atoms in total. The zero-order chi connectivity index (χ0) is 19.7. The Kier molecular flexibility index (Phi) is 4.81. The van der Waals surface area contributed by atoms with E-state index < -0.39 is 0 Å². The van der Waals surface area contributed by atoms with Crippen LogP contribution in [0, 0.1) is 13.8 Å². The van der Waals surface area contributed by atoms with Gasteiger partial charge in [-0.2, -0.15) is 0 Å². The van der Waals surface area contributed by atoms with Crippen LogP contribution in [0.25, 0.3) is 0 Å². The molecule has 2 aromatic carbocycles. The van der Waals surface area contributed by atoms with Crippen molar-refractivity contribution in [3.63, 3.8) is 0 Å². The van der Waals surface area contributed by atoms with Gasteiger partial charge in [-0.05, 0) is 43.2 Å². The van der Waals surface area contributed by atoms with Crippen LogP contribution in [0.15, 0.2) is 36.4 Å². The molecule has 1 atom stereocenters. The molecule has 2 aliphatic heterocycles. The highest BCUT2D eigenvalue weighted by Gasteiger charge is 2.32. The Morgan fingerprint density at radius 2 is 1.86 bits per heavy atom. The smallest absolute Gasteiger partial charge is 0.319 e. The molecule has 2 N–H and O–H groups in total. The average Bonchev–Trinajstić information content (AvgIpc) is 3.04. The largest absolute Gasteiger partial charge is 0.486 e. The fraction of sp³-hybridized carbons (Fsp3) is 0.333. The van der Waals surface area contributed by atoms with E-state index in [0.717, 1.165) is 22.5 Å². The summed E-state index contributed by atoms with van der Waals surface area (Å²) in [6, 6.07) is 10.8. The molecule has 7 heteroatoms. The van der Waals surface area contributed by atoms with Gasteiger partial charge in [0.15, 0.2) is 11.5 Å². The lowest BCUT2D eigenvalue weighted by Gasteiger charge is -2.22. The van der Waals surface area contributed by atoms with Gasteiger partial charge in [-0.1, -0.05) is 12.1 Å². The van der Waals surface area contributed by atoms with E-state index in [0.29, 0.717) is 31.3 Å². The quantitative estimate of drug-likeness (QED) is 0.857. The van der Waals surface area contributed by atoms with Crippen molar-refractivity contribution in [3.8, 4) is 11.5 Å². The number of rotatable bonds is 3. The van der Waals surface area contributed by atoms with Gasteiger partial charge in [0.1, 0.15) is 13.2 Å². The minimum atomic E-state index is -0.310. The summed E-state index contributed by atoms with van der Waals surface area (Å²) in [5.74, 6) is 1.29. The van der Waals surface area contributed by atoms with Crippen molar-refractivity contribution in [2.75, 3.05) is 30.0 Å². The molecular formula is C21H23N3O4. The molecule has 0 radical (unpaired) electrons. The lowest BCUT2D eigenvalue weighted by molar-refractivity contribution is -0.117. The second-order valence-corrected chi connectivity index (χ2v) is 7.15. The van der Waals surface area contributed by atoms with Gasteiger partial charge in [-0.25, -0.2) is 4.79 Å². The normalized spacial score (nSPS) is 18.1. The highest BCUT2D eigenvalue weighted by atomic mass is 16.6. The summed E-state index contributed by atoms with van der Waals surface area (Å²) < 4.78 is 11.1. The molecule has 0 aromatic heterocycles. The number of carbonyl (C=O) groups is 2. The molecule has 146 valence electrons. The van der Waals surface area contributed by atoms with Crippen molar-refractivity contribution in [3.05, 3.63) is 47.5 Å². The highest BCUT2D eigenvalue weighted by molar-refractivity contribution is 5.98. The first-order chi connectivity index (χ1) is 13.5. The second-order valence-electron chi connectivity index (χ2n) is 7.15. The first kappa shape index (κ1) is 18.2. The monoisotopic (exact) mass is 381 g/mol. The molecule has 0 aliphatic carbocycles. The lowest BCUT2D eigenvalue weighted by atomic mass is 10.1. The Bertz CT molecular complexity index is 928. The van der Waals surface area contributed by atoms with Crippen molar-refractivity contribution in [1.29, 1.82) is 0 Å². The molecule has 0 spiro atoms. The van der Waals surface area contributed by atoms with Crippen LogP contribution in [0.1, 0.15) is 17.5 Å². The van der Waals surface area contributed by atoms with E-state index >= 15 is 0 Å². The van der Waals surface area contributed by atoms with E-state index in [1.807, 2.05) is 50.2 Å². The van der Waals surface area contributed by atoms with Crippen molar-refractivity contribution in [1.82, 2.24) is 5.32 Å². The van der Waals surface area contributed by atoms with E-state index in [1.165, 1.54) is 0 Å². The zero-order valence-corrected chi connectivity index (χ0v) is 16.0. The van der Waals surface area contributed by atoms with Gasteiger partial charge >= 0.3 is 6.03 Å². The van der Waals surface area contributed by atoms with Crippen molar-refractivity contribution in [2.45, 2.75) is 26.3 Å². The summed E-state index contributed by atoms with van der Waals surface area (Å²) in [5, 5.41) is 5.77. The molecule has 2 heterocycles. The molecule has 2 aromatic rings. The molecule has 0 unspecified atom stereocenters. The standard InChI is InChI=1S/C21H23N3O4/c1-13-3-4-14(2)17(9-13)23-21(26)22-15-10-20(25)24(12-15)16-5-6-18-19(11-16)28-8-7-27-18/h3-6,9,11,15H,7-8,10,12H2,1-2H3,(H2,22,23,26)/t15-/m0/s1. The van der Waals surface area contributed by atoms with Crippen LogP contribution in [0.5, 0.6) is 11.5 Å². The number of nitrogens with zero attached hydrogens (tertiary/aromatic N) is 1. The number of carbonyl (C=O) groups excluding carboxylic acids is 2. The third-order valence-electron chi connectivity index (χ3n) is 4.94. The molecule has 4 rings (SSSR count). The summed E-state index contributed by atoms with van der Waals surface area (Å²) in [7, 11) is 0. The molecule has 2 aliphatic rings. The van der Waals surface area contributed by atoms with Gasteiger partial charge in [-0.3, -0.25) is 4.79 Å². The number of benzene rings is 2. The van der Waals surface area contributed by atoms with Crippen LogP contribution in [-0.2, 0) is 4.79 Å². The van der Waals surface area contributed by atoms with Crippen molar-refractivity contribution < 1.29 is 19.1 Å². The number of nitrogens with one attached hydrogen (secondary N) is 2. The number of amides is 3. The van der Waals surface area contributed by atoms with E-state index in [9.17, 15) is 9.59 Å². The van der Waals surface area contributed by atoms with Gasteiger partial charge in [0.25, 0.3) is 0 Å². The first-order valence-corrected chi connectivity index (χ1v) is 9.34. The Hall–Kier alpha value is -3.22. The van der Waals surface area contributed by atoms with E-state index in [4.69, 9.17) is 9.47 Å². The summed E-state index contributed by atoms with van der Waals surface area (Å²) in [6.07, 6.45) is 0.259. The molecule has 0 bridgehead atoms. The summed E-state index contributed by atoms with van der Waals surface area (Å²) in [4.78, 5) is 26.5. The predicted molar refractivity (Wildman–Crippen MR) is 106 cm³/mol. The maximum absolute atomic E-state index is 12.5. The number of aryl methyl sites for hydroxylation is 2. The van der Waals surface area contributed by atoms with E-state index in [-0.39, 0.29) is 24.4 Å². The van der Waals surface area contributed by atoms with E-state index in [1.54, 1.807) is 4.90 Å². The number of hydrogen-bond donors (Lipinski definition) is 2. The number of ether oxygens (including phenoxy) is 2. The van der Waals surface area contributed by atoms with Crippen molar-refractivity contribution in [2.24, 2.45) is 0 Å². The molecule has 3 amide bonds. The minimum absolute atomic E-state index is 0.0336. The van der Waals surface area contributed by atoms with Crippen LogP contribution in [0.4, 0.5) is 16.2 Å². The Morgan fingerprint density at radius 1 is 1.07 bits per heavy atom. The van der Waals surface area contributed by atoms with E-state index in [2.05, 4.69) is 10.6 Å². The number of fused-ring (bicyclic) bond motifs is 1. The zero-order valence-electron chi connectivity index (χ0n) is 16.0. The molecule has 0 saturated carbocycles. The van der Waals surface area contributed by atoms with Crippen LogP contribution in [0.3, 0.4) is 0 Å². The molecular weight excluding hydrogens is 358 g/mol. The fourth-order valence-electron chi connectivity index (χ4n) is 3.47. The SMILES string of the molecule is Cc1ccc(C)c(NC(=O)N[C@H]2CC(=O)N(c3ccc4c(c3)OCCO4)C2)c1. The van der Waals surface area contributed by atoms with Crippen LogP contribution in [-0.4, -0.2) is 37.7 Å². The maximum Gasteiger partial charge on any atom is 0.319 e. The average molecular weight is 381 g/mol. The number of urea groups is 1. The molecule has 1 fully saturated rings. The Labute approximate surface area is 163 Å². The van der Waals surface area contributed by atoms with Gasteiger partial charge in [-0.15, -0.1) is 0 Å². The van der Waals surface area contributed by atoms with Crippen LogP contribution < -0.4 is 25.0 Å². The maximum atomic E-state index is 12.5. The van der Waals surface area contributed by atoms with Gasteiger partial charge in [0.05, 0.1) is 6.04 Å². The van der Waals surface area contributed by atoms with Gasteiger partial charge < -0.3 is 25.0 Å². The molecule has 1 saturated heterocycles. The third kappa shape index (κ3) is 3.74. The predicted octanol–water partition coefficient (Wildman–Crippen LogP) is 3.00. The second kappa shape index (κ2) is 7.42. The Balaban J connectivity index is 1.40. The van der Waals surface area contributed by atoms with Gasteiger partial charge in [0.2, 0.25) is 5.91 Å². The topological polar surface area (TPSA) is 79.9 Å². The molecule has 28 heavy (non-hydrogen) atoms. The van der Waals surface area contributed by atoms with Gasteiger partial charge in [0, 0.05) is 30.4 Å². The summed E-state index contributed by atoms with van der Waals surface area (Å²) in [5.41, 5.74) is 3.57. The number of anilines is 2. The van der Waals surface area contributed by atoms with Crippen LogP contribution in [0.2, 0.25) is 0 Å². The summed E-state index contributed by atoms with van der Waals surface area (Å²) in [6.45, 7) is 5.35. The first-order valence-electron chi connectivity index (χ1n) is 9.34. The van der Waals surface area contributed by atoms with Crippen LogP contribution >= 0.6 is 0 Å². The number of hydrogen-bond acceptors (Lipinski definition) is 4. The highest BCUT2D eigenvalue weighted by Crippen LogP contribution is 2.35. The lowest BCUT2D eigenvalue weighted by Crippen LogP contribution is -2.39. The Morgan fingerprint density at radius 3 is 2.68 bits per heavy atom.